The number of rotatable bonds is 4. The van der Waals surface area contributed by atoms with Crippen LogP contribution in [0, 0.1) is 0 Å². The van der Waals surface area contributed by atoms with E-state index in [4.69, 9.17) is 16.3 Å². The predicted molar refractivity (Wildman–Crippen MR) is 105 cm³/mol. The minimum Gasteiger partial charge on any atom is -0.448 e. The second kappa shape index (κ2) is 7.51. The minimum atomic E-state index is -0.466. The Morgan fingerprint density at radius 1 is 1.12 bits per heavy atom. The van der Waals surface area contributed by atoms with Gasteiger partial charge in [-0.25, -0.2) is 0 Å². The monoisotopic (exact) mass is 384 g/mol. The number of hydrogen-bond acceptors (Lipinski definition) is 6. The average Bonchev–Trinajstić information content (AvgIpc) is 2.83. The molecule has 1 N–H and O–H groups in total. The van der Waals surface area contributed by atoms with Gasteiger partial charge in [0.15, 0.2) is 11.9 Å². The van der Waals surface area contributed by atoms with Gasteiger partial charge in [0.25, 0.3) is 0 Å². The zero-order chi connectivity index (χ0) is 17.9. The first-order valence-corrected chi connectivity index (χ1v) is 9.77. The smallest absolute Gasteiger partial charge is 0.247 e. The van der Waals surface area contributed by atoms with Crippen LogP contribution in [-0.4, -0.2) is 20.9 Å². The molecule has 0 bridgehead atoms. The Morgan fingerprint density at radius 2 is 1.92 bits per heavy atom. The molecule has 132 valence electrons. The summed E-state index contributed by atoms with van der Waals surface area (Å²) in [6.45, 7) is 2.12. The summed E-state index contributed by atoms with van der Waals surface area (Å²) >= 11 is 7.96. The van der Waals surface area contributed by atoms with Crippen LogP contribution in [0.25, 0.3) is 11.3 Å². The van der Waals surface area contributed by atoms with E-state index in [9.17, 15) is 0 Å². The van der Waals surface area contributed by atoms with E-state index in [0.717, 1.165) is 29.0 Å². The first-order chi connectivity index (χ1) is 12.8. The Morgan fingerprint density at radius 3 is 2.77 bits per heavy atom. The molecule has 0 radical (unpaired) electrons. The summed E-state index contributed by atoms with van der Waals surface area (Å²) in [5.41, 5.74) is 3.28. The standard InChI is InChI=1S/C19H17ClN4OS/c1-2-11-26-19-22-18-16(23-24-19)13-8-4-6-10-15(13)21-17(25-18)12-7-3-5-9-14(12)20/h3-10,17,21H,2,11H2,1H3/t17-/m0/s1. The Hall–Kier alpha value is -2.31. The van der Waals surface area contributed by atoms with E-state index in [1.54, 1.807) is 11.8 Å². The molecule has 0 spiro atoms. The van der Waals surface area contributed by atoms with Gasteiger partial charge in [-0.3, -0.25) is 0 Å². The molecule has 7 heteroatoms. The van der Waals surface area contributed by atoms with Gasteiger partial charge in [0.2, 0.25) is 11.0 Å². The SMILES string of the molecule is CCCSc1nnc2c(n1)O[C@@H](c1ccccc1Cl)Nc1ccccc1-2. The highest BCUT2D eigenvalue weighted by Gasteiger charge is 2.26. The number of halogens is 1. The molecule has 26 heavy (non-hydrogen) atoms. The van der Waals surface area contributed by atoms with E-state index in [1.165, 1.54) is 0 Å². The first kappa shape index (κ1) is 17.1. The third kappa shape index (κ3) is 3.34. The number of nitrogens with one attached hydrogen (secondary N) is 1. The second-order valence-corrected chi connectivity index (χ2v) is 7.28. The molecule has 2 heterocycles. The lowest BCUT2D eigenvalue weighted by atomic mass is 10.1. The quantitative estimate of drug-likeness (QED) is 0.624. The van der Waals surface area contributed by atoms with Crippen molar-refractivity contribution in [3.8, 4) is 17.1 Å². The minimum absolute atomic E-state index is 0.459. The number of aromatic nitrogens is 3. The third-order valence-electron chi connectivity index (χ3n) is 3.96. The van der Waals surface area contributed by atoms with Gasteiger partial charge in [-0.15, -0.1) is 10.2 Å². The number of fused-ring (bicyclic) bond motifs is 3. The Labute approximate surface area is 161 Å². The van der Waals surface area contributed by atoms with Crippen LogP contribution in [0.15, 0.2) is 53.7 Å². The van der Waals surface area contributed by atoms with Crippen molar-refractivity contribution in [3.63, 3.8) is 0 Å². The summed E-state index contributed by atoms with van der Waals surface area (Å²) in [7, 11) is 0. The maximum Gasteiger partial charge on any atom is 0.247 e. The van der Waals surface area contributed by atoms with Crippen molar-refractivity contribution in [2.24, 2.45) is 0 Å². The van der Waals surface area contributed by atoms with Crippen LogP contribution in [-0.2, 0) is 0 Å². The lowest BCUT2D eigenvalue weighted by molar-refractivity contribution is 0.225. The molecule has 1 aliphatic heterocycles. The van der Waals surface area contributed by atoms with Crippen molar-refractivity contribution >= 4 is 29.1 Å². The highest BCUT2D eigenvalue weighted by atomic mass is 35.5. The van der Waals surface area contributed by atoms with E-state index in [2.05, 4.69) is 27.4 Å². The van der Waals surface area contributed by atoms with Gasteiger partial charge < -0.3 is 10.1 Å². The summed E-state index contributed by atoms with van der Waals surface area (Å²) in [5, 5.41) is 13.3. The summed E-state index contributed by atoms with van der Waals surface area (Å²) in [5.74, 6) is 1.39. The number of benzene rings is 2. The molecular formula is C19H17ClN4OS. The van der Waals surface area contributed by atoms with Crippen molar-refractivity contribution in [1.29, 1.82) is 0 Å². The highest BCUT2D eigenvalue weighted by Crippen LogP contribution is 2.40. The van der Waals surface area contributed by atoms with E-state index >= 15 is 0 Å². The summed E-state index contributed by atoms with van der Waals surface area (Å²) in [4.78, 5) is 4.60. The van der Waals surface area contributed by atoms with E-state index in [0.29, 0.717) is 21.8 Å². The normalized spacial score (nSPS) is 15.2. The van der Waals surface area contributed by atoms with Crippen molar-refractivity contribution in [1.82, 2.24) is 15.2 Å². The molecular weight excluding hydrogens is 368 g/mol. The topological polar surface area (TPSA) is 59.9 Å². The van der Waals surface area contributed by atoms with Gasteiger partial charge in [0.1, 0.15) is 0 Å². The number of hydrogen-bond donors (Lipinski definition) is 1. The summed E-state index contributed by atoms with van der Waals surface area (Å²) in [6, 6.07) is 15.5. The molecule has 5 nitrogen and oxygen atoms in total. The molecule has 0 aliphatic carbocycles. The Kier molecular flexibility index (Phi) is 4.95. The fraction of sp³-hybridized carbons (Fsp3) is 0.211. The summed E-state index contributed by atoms with van der Waals surface area (Å²) < 4.78 is 6.20. The van der Waals surface area contributed by atoms with Crippen LogP contribution in [0.1, 0.15) is 25.1 Å². The Balaban J connectivity index is 1.81. The molecule has 0 unspecified atom stereocenters. The molecule has 0 saturated heterocycles. The van der Waals surface area contributed by atoms with Crippen molar-refractivity contribution < 1.29 is 4.74 Å². The van der Waals surface area contributed by atoms with Crippen molar-refractivity contribution in [2.75, 3.05) is 11.1 Å². The molecule has 1 aliphatic rings. The van der Waals surface area contributed by atoms with Crippen LogP contribution < -0.4 is 10.1 Å². The summed E-state index contributed by atoms with van der Waals surface area (Å²) in [6.07, 6.45) is 0.574. The lowest BCUT2D eigenvalue weighted by Gasteiger charge is -2.20. The molecule has 1 aromatic heterocycles. The second-order valence-electron chi connectivity index (χ2n) is 5.81. The third-order valence-corrected chi connectivity index (χ3v) is 5.34. The zero-order valence-electron chi connectivity index (χ0n) is 14.1. The first-order valence-electron chi connectivity index (χ1n) is 8.41. The molecule has 2 aromatic carbocycles. The van der Waals surface area contributed by atoms with E-state index in [1.807, 2.05) is 48.5 Å². The average molecular weight is 385 g/mol. The Bertz CT molecular complexity index is 937. The molecule has 0 amide bonds. The molecule has 3 aromatic rings. The molecule has 0 fully saturated rings. The van der Waals surface area contributed by atoms with Gasteiger partial charge in [-0.2, -0.15) is 4.98 Å². The van der Waals surface area contributed by atoms with Gasteiger partial charge in [-0.05, 0) is 18.6 Å². The number of nitrogens with zero attached hydrogens (tertiary/aromatic N) is 3. The molecule has 0 saturated carbocycles. The molecule has 1 atom stereocenters. The maximum atomic E-state index is 6.39. The van der Waals surface area contributed by atoms with E-state index < -0.39 is 6.23 Å². The largest absolute Gasteiger partial charge is 0.448 e. The highest BCUT2D eigenvalue weighted by molar-refractivity contribution is 7.99. The van der Waals surface area contributed by atoms with Gasteiger partial charge in [0.05, 0.1) is 0 Å². The van der Waals surface area contributed by atoms with Crippen molar-refractivity contribution in [3.05, 3.63) is 59.1 Å². The van der Waals surface area contributed by atoms with Crippen LogP contribution in [0.5, 0.6) is 5.88 Å². The lowest BCUT2D eigenvalue weighted by Crippen LogP contribution is -2.17. The number of anilines is 1. The number of thioether (sulfide) groups is 1. The van der Waals surface area contributed by atoms with Gasteiger partial charge in [-0.1, -0.05) is 66.7 Å². The van der Waals surface area contributed by atoms with Gasteiger partial charge in [0, 0.05) is 27.6 Å². The number of ether oxygens (including phenoxy) is 1. The van der Waals surface area contributed by atoms with Crippen LogP contribution in [0.3, 0.4) is 0 Å². The van der Waals surface area contributed by atoms with E-state index in [-0.39, 0.29) is 0 Å². The van der Waals surface area contributed by atoms with Crippen LogP contribution in [0.4, 0.5) is 5.69 Å². The number of para-hydroxylation sites is 1. The molecule has 4 rings (SSSR count). The maximum absolute atomic E-state index is 6.39. The van der Waals surface area contributed by atoms with Crippen molar-refractivity contribution in [2.45, 2.75) is 24.7 Å². The van der Waals surface area contributed by atoms with Crippen LogP contribution in [0.2, 0.25) is 5.02 Å². The van der Waals surface area contributed by atoms with Crippen LogP contribution >= 0.6 is 23.4 Å². The predicted octanol–water partition coefficient (Wildman–Crippen LogP) is 5.20. The zero-order valence-corrected chi connectivity index (χ0v) is 15.7. The van der Waals surface area contributed by atoms with Gasteiger partial charge >= 0.3 is 0 Å². The fourth-order valence-corrected chi connectivity index (χ4v) is 3.60. The fourth-order valence-electron chi connectivity index (χ4n) is 2.73.